The van der Waals surface area contributed by atoms with Crippen LogP contribution in [0.4, 0.5) is 0 Å². The standard InChI is InChI=1S/C50H31N3O2/c1-50(2)37-14-6-3-11-33(37)44-38(50)26-36(49-45(44)35-13-5-8-16-42(35)55-49)32-22-21-31(43-34-12-4-7-15-41(34)54-48(32)43)30-20-23-39(52-27-30)40-24-19-29-18-17-28-10-9-25-51-46(28)47(29)53-40/h3-27H,1-2H3. The summed E-state index contributed by atoms with van der Waals surface area (Å²) in [5.41, 5.74) is 15.8. The third-order valence-corrected chi connectivity index (χ3v) is 11.8. The molecule has 11 aromatic rings. The van der Waals surface area contributed by atoms with Crippen molar-refractivity contribution in [2.75, 3.05) is 0 Å². The summed E-state index contributed by atoms with van der Waals surface area (Å²) >= 11 is 0. The highest BCUT2D eigenvalue weighted by atomic mass is 16.3. The number of aromatic nitrogens is 3. The predicted molar refractivity (Wildman–Crippen MR) is 223 cm³/mol. The van der Waals surface area contributed by atoms with Gasteiger partial charge >= 0.3 is 0 Å². The van der Waals surface area contributed by atoms with Crippen molar-refractivity contribution >= 4 is 65.7 Å². The number of hydrogen-bond donors (Lipinski definition) is 0. The van der Waals surface area contributed by atoms with E-state index in [4.69, 9.17) is 18.8 Å². The highest BCUT2D eigenvalue weighted by Crippen LogP contribution is 2.56. The third kappa shape index (κ3) is 4.21. The van der Waals surface area contributed by atoms with E-state index in [-0.39, 0.29) is 5.41 Å². The number of rotatable bonds is 3. The van der Waals surface area contributed by atoms with Gasteiger partial charge < -0.3 is 8.83 Å². The van der Waals surface area contributed by atoms with Gasteiger partial charge in [-0.15, -0.1) is 0 Å². The van der Waals surface area contributed by atoms with Crippen molar-refractivity contribution in [2.24, 2.45) is 0 Å². The Morgan fingerprint density at radius 1 is 0.491 bits per heavy atom. The van der Waals surface area contributed by atoms with E-state index in [1.807, 2.05) is 42.7 Å². The summed E-state index contributed by atoms with van der Waals surface area (Å²) in [6.45, 7) is 4.66. The van der Waals surface area contributed by atoms with Crippen LogP contribution < -0.4 is 0 Å². The van der Waals surface area contributed by atoms with Gasteiger partial charge in [0.1, 0.15) is 22.3 Å². The molecule has 6 aromatic carbocycles. The van der Waals surface area contributed by atoms with Gasteiger partial charge in [-0.05, 0) is 70.3 Å². The first-order valence-corrected chi connectivity index (χ1v) is 18.7. The van der Waals surface area contributed by atoms with Gasteiger partial charge in [0.25, 0.3) is 0 Å². The quantitative estimate of drug-likeness (QED) is 0.171. The Kier molecular flexibility index (Phi) is 6.05. The van der Waals surface area contributed by atoms with Gasteiger partial charge in [-0.2, -0.15) is 0 Å². The molecule has 0 atom stereocenters. The van der Waals surface area contributed by atoms with Crippen molar-refractivity contribution in [3.05, 3.63) is 163 Å². The van der Waals surface area contributed by atoms with Gasteiger partial charge in [0.2, 0.25) is 0 Å². The topological polar surface area (TPSA) is 65.0 Å². The second kappa shape index (κ2) is 11.0. The molecule has 0 fully saturated rings. The predicted octanol–water partition coefficient (Wildman–Crippen LogP) is 13.3. The highest BCUT2D eigenvalue weighted by molar-refractivity contribution is 6.22. The smallest absolute Gasteiger partial charge is 0.144 e. The van der Waals surface area contributed by atoms with Crippen LogP contribution in [0.5, 0.6) is 0 Å². The number of para-hydroxylation sites is 2. The van der Waals surface area contributed by atoms with Crippen molar-refractivity contribution in [1.29, 1.82) is 0 Å². The van der Waals surface area contributed by atoms with Crippen LogP contribution in [0.1, 0.15) is 25.0 Å². The fourth-order valence-corrected chi connectivity index (χ4v) is 9.12. The van der Waals surface area contributed by atoms with Crippen LogP contribution in [0.15, 0.2) is 161 Å². The van der Waals surface area contributed by atoms with E-state index >= 15 is 0 Å². The van der Waals surface area contributed by atoms with Gasteiger partial charge in [0.05, 0.1) is 22.4 Å². The molecule has 0 radical (unpaired) electrons. The van der Waals surface area contributed by atoms with Crippen LogP contribution >= 0.6 is 0 Å². The zero-order valence-electron chi connectivity index (χ0n) is 30.1. The monoisotopic (exact) mass is 705 g/mol. The lowest BCUT2D eigenvalue weighted by Crippen LogP contribution is -2.15. The molecule has 258 valence electrons. The van der Waals surface area contributed by atoms with Crippen molar-refractivity contribution in [3.8, 4) is 44.8 Å². The van der Waals surface area contributed by atoms with Crippen LogP contribution in [-0.2, 0) is 5.41 Å². The van der Waals surface area contributed by atoms with Gasteiger partial charge in [0, 0.05) is 66.8 Å². The molecule has 55 heavy (non-hydrogen) atoms. The highest BCUT2D eigenvalue weighted by Gasteiger charge is 2.38. The molecule has 0 saturated carbocycles. The maximum Gasteiger partial charge on any atom is 0.144 e. The molecule has 1 aliphatic rings. The molecule has 0 aliphatic heterocycles. The van der Waals surface area contributed by atoms with Crippen LogP contribution in [0, 0.1) is 0 Å². The molecule has 0 saturated heterocycles. The van der Waals surface area contributed by atoms with Crippen molar-refractivity contribution in [3.63, 3.8) is 0 Å². The lowest BCUT2D eigenvalue weighted by molar-refractivity contribution is 0.656. The minimum Gasteiger partial charge on any atom is -0.455 e. The number of benzene rings is 6. The molecule has 5 heteroatoms. The average molecular weight is 706 g/mol. The van der Waals surface area contributed by atoms with Crippen LogP contribution in [-0.4, -0.2) is 15.0 Å². The van der Waals surface area contributed by atoms with Crippen molar-refractivity contribution in [2.45, 2.75) is 19.3 Å². The summed E-state index contributed by atoms with van der Waals surface area (Å²) in [6.07, 6.45) is 3.77. The maximum atomic E-state index is 6.85. The minimum atomic E-state index is -0.197. The SMILES string of the molecule is CC1(C)c2ccccc2-c2c1cc(-c1ccc(-c3ccc(-c4ccc5ccc6cccnc6c5n4)nc3)c3c1oc1ccccc13)c1oc3ccccc3c21. The maximum absolute atomic E-state index is 6.85. The first kappa shape index (κ1) is 30.4. The Bertz CT molecular complexity index is 3410. The largest absolute Gasteiger partial charge is 0.455 e. The number of hydrogen-bond acceptors (Lipinski definition) is 5. The molecule has 12 rings (SSSR count). The first-order valence-electron chi connectivity index (χ1n) is 18.7. The van der Waals surface area contributed by atoms with E-state index in [1.54, 1.807) is 0 Å². The molecule has 0 spiro atoms. The Hall–Kier alpha value is -7.11. The molecule has 0 N–H and O–H groups in total. The number of pyridine rings is 3. The average Bonchev–Trinajstić information content (AvgIpc) is 3.89. The van der Waals surface area contributed by atoms with Crippen LogP contribution in [0.25, 0.3) is 110 Å². The van der Waals surface area contributed by atoms with Gasteiger partial charge in [-0.1, -0.05) is 111 Å². The summed E-state index contributed by atoms with van der Waals surface area (Å²) in [5.74, 6) is 0. The summed E-state index contributed by atoms with van der Waals surface area (Å²) < 4.78 is 13.7. The van der Waals surface area contributed by atoms with E-state index in [0.717, 1.165) is 99.3 Å². The molecule has 1 aliphatic carbocycles. The molecule has 5 aromatic heterocycles. The summed E-state index contributed by atoms with van der Waals surface area (Å²) in [7, 11) is 0. The van der Waals surface area contributed by atoms with E-state index < -0.39 is 0 Å². The van der Waals surface area contributed by atoms with E-state index in [9.17, 15) is 0 Å². The Morgan fingerprint density at radius 3 is 1.96 bits per heavy atom. The number of nitrogens with zero attached hydrogens (tertiary/aromatic N) is 3. The lowest BCUT2D eigenvalue weighted by Gasteiger charge is -2.22. The Balaban J connectivity index is 1.06. The van der Waals surface area contributed by atoms with E-state index in [1.165, 1.54) is 22.3 Å². The number of fused-ring (bicyclic) bond motifs is 13. The molecule has 5 heterocycles. The fraction of sp³-hybridized carbons (Fsp3) is 0.0600. The zero-order valence-corrected chi connectivity index (χ0v) is 30.1. The fourth-order valence-electron chi connectivity index (χ4n) is 9.12. The first-order chi connectivity index (χ1) is 27.0. The van der Waals surface area contributed by atoms with Crippen LogP contribution in [0.2, 0.25) is 0 Å². The summed E-state index contributed by atoms with van der Waals surface area (Å²) in [4.78, 5) is 14.7. The second-order valence-corrected chi connectivity index (χ2v) is 15.1. The summed E-state index contributed by atoms with van der Waals surface area (Å²) in [6, 6.07) is 48.8. The van der Waals surface area contributed by atoms with Gasteiger partial charge in [-0.3, -0.25) is 9.97 Å². The minimum absolute atomic E-state index is 0.197. The number of furan rings is 2. The normalized spacial score (nSPS) is 13.4. The second-order valence-electron chi connectivity index (χ2n) is 15.1. The van der Waals surface area contributed by atoms with Crippen LogP contribution in [0.3, 0.4) is 0 Å². The van der Waals surface area contributed by atoms with Gasteiger partial charge in [-0.25, -0.2) is 4.98 Å². The molecule has 0 amide bonds. The molecular formula is C50H31N3O2. The van der Waals surface area contributed by atoms with Gasteiger partial charge in [0.15, 0.2) is 0 Å². The van der Waals surface area contributed by atoms with Crippen molar-refractivity contribution in [1.82, 2.24) is 15.0 Å². The Morgan fingerprint density at radius 2 is 1.16 bits per heavy atom. The van der Waals surface area contributed by atoms with E-state index in [0.29, 0.717) is 0 Å². The third-order valence-electron chi connectivity index (χ3n) is 11.8. The molecule has 5 nitrogen and oxygen atoms in total. The molecule has 0 bridgehead atoms. The van der Waals surface area contributed by atoms with E-state index in [2.05, 4.69) is 128 Å². The molecular weight excluding hydrogens is 675 g/mol. The zero-order chi connectivity index (χ0) is 36.4. The lowest BCUT2D eigenvalue weighted by atomic mass is 9.81. The summed E-state index contributed by atoms with van der Waals surface area (Å²) in [5, 5.41) is 6.51. The van der Waals surface area contributed by atoms with Crippen molar-refractivity contribution < 1.29 is 8.83 Å². The Labute approximate surface area is 315 Å². The molecule has 0 unspecified atom stereocenters.